The molecule has 3 nitrogen and oxygen atoms in total. The molecule has 1 atom stereocenters. The van der Waals surface area contributed by atoms with E-state index in [4.69, 9.17) is 10.5 Å². The van der Waals surface area contributed by atoms with Crippen LogP contribution in [-0.4, -0.2) is 25.1 Å². The molecule has 0 saturated carbocycles. The first kappa shape index (κ1) is 14.1. The highest BCUT2D eigenvalue weighted by Crippen LogP contribution is 2.30. The van der Waals surface area contributed by atoms with Crippen LogP contribution in [0.2, 0.25) is 0 Å². The number of rotatable bonds is 4. The number of methoxy groups -OCH3 is 1. The molecule has 0 spiro atoms. The molecule has 0 amide bonds. The highest BCUT2D eigenvalue weighted by atomic mass is 16.5. The van der Waals surface area contributed by atoms with Gasteiger partial charge < -0.3 is 10.5 Å². The molecular weight excluding hydrogens is 260 g/mol. The fourth-order valence-corrected chi connectivity index (χ4v) is 3.13. The van der Waals surface area contributed by atoms with Gasteiger partial charge in [-0.1, -0.05) is 36.4 Å². The first-order valence-corrected chi connectivity index (χ1v) is 7.46. The lowest BCUT2D eigenvalue weighted by molar-refractivity contribution is 0.181. The molecule has 21 heavy (non-hydrogen) atoms. The summed E-state index contributed by atoms with van der Waals surface area (Å²) >= 11 is 0. The van der Waals surface area contributed by atoms with Gasteiger partial charge in [-0.05, 0) is 35.2 Å². The fourth-order valence-electron chi connectivity index (χ4n) is 3.13. The molecule has 1 heterocycles. The molecule has 1 unspecified atom stereocenters. The third-order valence-electron chi connectivity index (χ3n) is 4.29. The summed E-state index contributed by atoms with van der Waals surface area (Å²) in [6.07, 6.45) is 1.10. The van der Waals surface area contributed by atoms with Crippen molar-refractivity contribution in [3.05, 3.63) is 65.2 Å². The Bertz CT molecular complexity index is 594. The maximum absolute atomic E-state index is 6.05. The summed E-state index contributed by atoms with van der Waals surface area (Å²) in [5.74, 6) is 0.901. The van der Waals surface area contributed by atoms with Crippen LogP contribution in [-0.2, 0) is 13.0 Å². The second kappa shape index (κ2) is 6.29. The van der Waals surface area contributed by atoms with Crippen LogP contribution in [0.15, 0.2) is 48.5 Å². The number of fused-ring (bicyclic) bond motifs is 1. The minimum atomic E-state index is 0.317. The maximum Gasteiger partial charge on any atom is 0.118 e. The van der Waals surface area contributed by atoms with Crippen molar-refractivity contribution in [2.45, 2.75) is 19.0 Å². The fraction of sp³-hybridized carbons (Fsp3) is 0.333. The van der Waals surface area contributed by atoms with Crippen LogP contribution in [0.25, 0.3) is 0 Å². The molecule has 3 rings (SSSR count). The third kappa shape index (κ3) is 2.94. The predicted octanol–water partition coefficient (Wildman–Crippen LogP) is 2.75. The summed E-state index contributed by atoms with van der Waals surface area (Å²) in [5, 5.41) is 0. The van der Waals surface area contributed by atoms with Crippen molar-refractivity contribution < 1.29 is 4.74 Å². The van der Waals surface area contributed by atoms with Gasteiger partial charge in [0.2, 0.25) is 0 Å². The second-order valence-corrected chi connectivity index (χ2v) is 5.52. The van der Waals surface area contributed by atoms with Crippen LogP contribution >= 0.6 is 0 Å². The van der Waals surface area contributed by atoms with E-state index in [0.717, 1.165) is 25.3 Å². The second-order valence-electron chi connectivity index (χ2n) is 5.52. The molecule has 0 radical (unpaired) electrons. The number of hydrogen-bond donors (Lipinski definition) is 1. The van der Waals surface area contributed by atoms with Gasteiger partial charge >= 0.3 is 0 Å². The van der Waals surface area contributed by atoms with E-state index in [0.29, 0.717) is 12.6 Å². The zero-order valence-electron chi connectivity index (χ0n) is 12.5. The first-order chi connectivity index (χ1) is 10.3. The van der Waals surface area contributed by atoms with Crippen molar-refractivity contribution in [1.82, 2.24) is 4.90 Å². The third-order valence-corrected chi connectivity index (χ3v) is 4.29. The Morgan fingerprint density at radius 2 is 1.90 bits per heavy atom. The lowest BCUT2D eigenvalue weighted by Crippen LogP contribution is -2.38. The Morgan fingerprint density at radius 1 is 1.14 bits per heavy atom. The van der Waals surface area contributed by atoms with Crippen LogP contribution in [0, 0.1) is 0 Å². The summed E-state index contributed by atoms with van der Waals surface area (Å²) in [4.78, 5) is 2.48. The SMILES string of the molecule is COc1ccc(CN2CCc3ccccc3C2CN)cc1. The molecule has 3 heteroatoms. The highest BCUT2D eigenvalue weighted by molar-refractivity contribution is 5.33. The lowest BCUT2D eigenvalue weighted by atomic mass is 9.92. The van der Waals surface area contributed by atoms with Gasteiger partial charge in [0.05, 0.1) is 7.11 Å². The van der Waals surface area contributed by atoms with E-state index in [1.54, 1.807) is 7.11 Å². The van der Waals surface area contributed by atoms with E-state index < -0.39 is 0 Å². The van der Waals surface area contributed by atoms with Crippen molar-refractivity contribution >= 4 is 0 Å². The largest absolute Gasteiger partial charge is 0.497 e. The van der Waals surface area contributed by atoms with E-state index in [1.165, 1.54) is 16.7 Å². The van der Waals surface area contributed by atoms with Gasteiger partial charge in [0, 0.05) is 25.7 Å². The number of hydrogen-bond acceptors (Lipinski definition) is 3. The average molecular weight is 282 g/mol. The van der Waals surface area contributed by atoms with Crippen molar-refractivity contribution in [3.8, 4) is 5.75 Å². The molecule has 0 aromatic heterocycles. The molecule has 0 bridgehead atoms. The van der Waals surface area contributed by atoms with E-state index in [1.807, 2.05) is 12.1 Å². The van der Waals surface area contributed by atoms with Gasteiger partial charge in [-0.3, -0.25) is 4.90 Å². The minimum absolute atomic E-state index is 0.317. The van der Waals surface area contributed by atoms with Gasteiger partial charge in [-0.15, -0.1) is 0 Å². The quantitative estimate of drug-likeness (QED) is 0.937. The van der Waals surface area contributed by atoms with E-state index in [9.17, 15) is 0 Å². The van der Waals surface area contributed by atoms with Gasteiger partial charge in [0.1, 0.15) is 5.75 Å². The molecule has 2 aromatic carbocycles. The van der Waals surface area contributed by atoms with Crippen LogP contribution in [0.1, 0.15) is 22.7 Å². The average Bonchev–Trinajstić information content (AvgIpc) is 2.55. The van der Waals surface area contributed by atoms with Crippen LogP contribution < -0.4 is 10.5 Å². The number of nitrogens with two attached hydrogens (primary N) is 1. The molecule has 0 saturated heterocycles. The molecule has 110 valence electrons. The van der Waals surface area contributed by atoms with Gasteiger partial charge in [0.25, 0.3) is 0 Å². The van der Waals surface area contributed by atoms with Gasteiger partial charge in [-0.25, -0.2) is 0 Å². The molecule has 2 N–H and O–H groups in total. The van der Waals surface area contributed by atoms with Crippen molar-refractivity contribution in [2.75, 3.05) is 20.2 Å². The molecule has 2 aromatic rings. The van der Waals surface area contributed by atoms with Gasteiger partial charge in [0.15, 0.2) is 0 Å². The van der Waals surface area contributed by atoms with Crippen molar-refractivity contribution in [2.24, 2.45) is 5.73 Å². The monoisotopic (exact) mass is 282 g/mol. The standard InChI is InChI=1S/C18H22N2O/c1-21-16-8-6-14(7-9-16)13-20-11-10-15-4-2-3-5-17(15)18(20)12-19/h2-9,18H,10-13,19H2,1H3. The summed E-state index contributed by atoms with van der Waals surface area (Å²) in [5.41, 5.74) is 10.2. The summed E-state index contributed by atoms with van der Waals surface area (Å²) < 4.78 is 5.21. The molecule has 1 aliphatic rings. The number of benzene rings is 2. The summed E-state index contributed by atoms with van der Waals surface area (Å²) in [7, 11) is 1.70. The Morgan fingerprint density at radius 3 is 2.62 bits per heavy atom. The van der Waals surface area contributed by atoms with E-state index >= 15 is 0 Å². The van der Waals surface area contributed by atoms with Crippen molar-refractivity contribution in [1.29, 1.82) is 0 Å². The number of ether oxygens (including phenoxy) is 1. The maximum atomic E-state index is 6.05. The van der Waals surface area contributed by atoms with E-state index in [2.05, 4.69) is 41.3 Å². The summed E-state index contributed by atoms with van der Waals surface area (Å²) in [6, 6.07) is 17.3. The van der Waals surface area contributed by atoms with Crippen LogP contribution in [0.4, 0.5) is 0 Å². The zero-order chi connectivity index (χ0) is 14.7. The predicted molar refractivity (Wildman–Crippen MR) is 85.3 cm³/mol. The summed E-state index contributed by atoms with van der Waals surface area (Å²) in [6.45, 7) is 2.65. The van der Waals surface area contributed by atoms with E-state index in [-0.39, 0.29) is 0 Å². The smallest absolute Gasteiger partial charge is 0.118 e. The molecule has 0 fully saturated rings. The molecule has 0 aliphatic carbocycles. The highest BCUT2D eigenvalue weighted by Gasteiger charge is 2.25. The zero-order valence-corrected chi connectivity index (χ0v) is 12.5. The molecular formula is C18H22N2O. The lowest BCUT2D eigenvalue weighted by Gasteiger charge is -2.36. The van der Waals surface area contributed by atoms with Crippen LogP contribution in [0.5, 0.6) is 5.75 Å². The van der Waals surface area contributed by atoms with Gasteiger partial charge in [-0.2, -0.15) is 0 Å². The Kier molecular flexibility index (Phi) is 4.23. The minimum Gasteiger partial charge on any atom is -0.497 e. The first-order valence-electron chi connectivity index (χ1n) is 7.46. The Labute approximate surface area is 126 Å². The topological polar surface area (TPSA) is 38.5 Å². The normalized spacial score (nSPS) is 18.3. The van der Waals surface area contributed by atoms with Crippen LogP contribution in [0.3, 0.4) is 0 Å². The van der Waals surface area contributed by atoms with Crippen molar-refractivity contribution in [3.63, 3.8) is 0 Å². The number of nitrogens with zero attached hydrogens (tertiary/aromatic N) is 1. The molecule has 1 aliphatic heterocycles. The Hall–Kier alpha value is -1.84. The Balaban J connectivity index is 1.79.